The molecule has 6 heteroatoms. The van der Waals surface area contributed by atoms with Gasteiger partial charge < -0.3 is 9.84 Å². The zero-order valence-corrected chi connectivity index (χ0v) is 12.1. The van der Waals surface area contributed by atoms with Crippen LogP contribution in [0.25, 0.3) is 11.4 Å². The Morgan fingerprint density at radius 3 is 2.81 bits per heavy atom. The van der Waals surface area contributed by atoms with Crippen molar-refractivity contribution >= 4 is 17.6 Å². The second kappa shape index (κ2) is 5.33. The molecular weight excluding hydrogens is 292 g/mol. The number of carboxylic acid groups (broad SMARTS) is 1. The van der Waals surface area contributed by atoms with Crippen LogP contribution in [-0.4, -0.2) is 28.2 Å². The van der Waals surface area contributed by atoms with Crippen molar-refractivity contribution < 1.29 is 14.6 Å². The number of hydrogen-bond acceptors (Lipinski definition) is 4. The summed E-state index contributed by atoms with van der Waals surface area (Å²) < 4.78 is 5.29. The monoisotopic (exact) mass is 304 g/mol. The van der Waals surface area contributed by atoms with E-state index in [1.807, 2.05) is 0 Å². The van der Waals surface area contributed by atoms with Gasteiger partial charge in [0, 0.05) is 17.1 Å². The average molecular weight is 305 g/mol. The van der Waals surface area contributed by atoms with E-state index in [0.717, 1.165) is 12.8 Å². The third kappa shape index (κ3) is 2.69. The molecule has 1 N–H and O–H groups in total. The predicted octanol–water partition coefficient (Wildman–Crippen LogP) is 3.38. The zero-order valence-electron chi connectivity index (χ0n) is 11.3. The smallest absolute Gasteiger partial charge is 0.339 e. The van der Waals surface area contributed by atoms with Gasteiger partial charge in [0.2, 0.25) is 0 Å². The number of aromatic nitrogens is 2. The number of hydrogen-bond donors (Lipinski definition) is 1. The fourth-order valence-corrected chi connectivity index (χ4v) is 2.37. The van der Waals surface area contributed by atoms with E-state index in [1.165, 1.54) is 6.20 Å². The quantitative estimate of drug-likeness (QED) is 0.937. The van der Waals surface area contributed by atoms with Crippen LogP contribution >= 0.6 is 11.6 Å². The first-order chi connectivity index (χ1) is 10.1. The molecule has 0 aliphatic heterocycles. The van der Waals surface area contributed by atoms with Crippen molar-refractivity contribution in [3.63, 3.8) is 0 Å². The lowest BCUT2D eigenvalue weighted by Gasteiger charge is -2.10. The summed E-state index contributed by atoms with van der Waals surface area (Å²) in [5.74, 6) is 0.241. The molecule has 0 atom stereocenters. The van der Waals surface area contributed by atoms with E-state index in [-0.39, 0.29) is 11.5 Å². The minimum atomic E-state index is -0.994. The third-order valence-electron chi connectivity index (χ3n) is 3.42. The molecule has 1 fully saturated rings. The van der Waals surface area contributed by atoms with Gasteiger partial charge in [0.05, 0.1) is 23.9 Å². The van der Waals surface area contributed by atoms with Crippen LogP contribution in [0.2, 0.25) is 5.02 Å². The topological polar surface area (TPSA) is 72.3 Å². The lowest BCUT2D eigenvalue weighted by atomic mass is 10.1. The molecule has 21 heavy (non-hydrogen) atoms. The summed E-state index contributed by atoms with van der Waals surface area (Å²) in [6, 6.07) is 5.18. The van der Waals surface area contributed by atoms with E-state index in [1.54, 1.807) is 25.3 Å². The molecule has 0 spiro atoms. The van der Waals surface area contributed by atoms with Gasteiger partial charge in [-0.2, -0.15) is 0 Å². The minimum absolute atomic E-state index is 0.175. The van der Waals surface area contributed by atoms with Crippen molar-refractivity contribution in [2.45, 2.75) is 18.8 Å². The number of ether oxygens (including phenoxy) is 1. The summed E-state index contributed by atoms with van der Waals surface area (Å²) in [7, 11) is 1.54. The Labute approximate surface area is 126 Å². The van der Waals surface area contributed by atoms with Gasteiger partial charge in [0.15, 0.2) is 5.82 Å². The van der Waals surface area contributed by atoms with Gasteiger partial charge in [-0.05, 0) is 31.0 Å². The molecule has 108 valence electrons. The maximum absolute atomic E-state index is 11.2. The van der Waals surface area contributed by atoms with Crippen LogP contribution in [0.5, 0.6) is 5.75 Å². The van der Waals surface area contributed by atoms with E-state index in [9.17, 15) is 9.90 Å². The normalized spacial score (nSPS) is 14.0. The molecule has 0 radical (unpaired) electrons. The van der Waals surface area contributed by atoms with Crippen LogP contribution in [0, 0.1) is 0 Å². The van der Waals surface area contributed by atoms with Gasteiger partial charge in [-0.15, -0.1) is 0 Å². The Kier molecular flexibility index (Phi) is 3.51. The number of benzene rings is 1. The van der Waals surface area contributed by atoms with Crippen molar-refractivity contribution in [1.82, 2.24) is 9.97 Å². The van der Waals surface area contributed by atoms with Crippen molar-refractivity contribution in [2.75, 3.05) is 7.11 Å². The van der Waals surface area contributed by atoms with Crippen LogP contribution in [0.4, 0.5) is 0 Å². The molecule has 0 saturated heterocycles. The summed E-state index contributed by atoms with van der Waals surface area (Å²) in [6.45, 7) is 0. The Bertz CT molecular complexity index is 714. The molecule has 1 aliphatic carbocycles. The lowest BCUT2D eigenvalue weighted by molar-refractivity contribution is 0.0694. The average Bonchev–Trinajstić information content (AvgIpc) is 3.31. The van der Waals surface area contributed by atoms with Crippen LogP contribution in [-0.2, 0) is 0 Å². The number of carboxylic acids is 1. The number of halogens is 1. The first-order valence-electron chi connectivity index (χ1n) is 6.54. The zero-order chi connectivity index (χ0) is 15.0. The third-order valence-corrected chi connectivity index (χ3v) is 3.65. The maximum atomic E-state index is 11.2. The minimum Gasteiger partial charge on any atom is -0.496 e. The van der Waals surface area contributed by atoms with Crippen LogP contribution in [0.1, 0.15) is 34.8 Å². The fraction of sp³-hybridized carbons (Fsp3) is 0.267. The van der Waals surface area contributed by atoms with Crippen LogP contribution in [0.15, 0.2) is 24.4 Å². The van der Waals surface area contributed by atoms with Crippen molar-refractivity contribution in [3.05, 3.63) is 40.7 Å². The summed E-state index contributed by atoms with van der Waals surface area (Å²) in [4.78, 5) is 19.9. The highest BCUT2D eigenvalue weighted by molar-refractivity contribution is 6.30. The first kappa shape index (κ1) is 13.8. The number of nitrogens with zero attached hydrogens (tertiary/aromatic N) is 2. The highest BCUT2D eigenvalue weighted by Gasteiger charge is 2.30. The SMILES string of the molecule is COc1cc(Cl)ccc1-c1ncc(C(=O)O)c(C2CC2)n1. The summed E-state index contributed by atoms with van der Waals surface area (Å²) >= 11 is 5.94. The second-order valence-electron chi connectivity index (χ2n) is 4.92. The van der Waals surface area contributed by atoms with E-state index in [4.69, 9.17) is 16.3 Å². The molecule has 2 aromatic rings. The van der Waals surface area contributed by atoms with Crippen LogP contribution in [0.3, 0.4) is 0 Å². The first-order valence-corrected chi connectivity index (χ1v) is 6.92. The molecular formula is C15H13ClN2O3. The molecule has 0 amide bonds. The Hall–Kier alpha value is -2.14. The molecule has 0 bridgehead atoms. The summed E-state index contributed by atoms with van der Waals surface area (Å²) in [5.41, 5.74) is 1.47. The van der Waals surface area contributed by atoms with Gasteiger partial charge in [0.1, 0.15) is 5.75 Å². The maximum Gasteiger partial charge on any atom is 0.339 e. The molecule has 1 saturated carbocycles. The number of rotatable bonds is 4. The molecule has 1 aliphatic rings. The van der Waals surface area contributed by atoms with E-state index < -0.39 is 5.97 Å². The highest BCUT2D eigenvalue weighted by Crippen LogP contribution is 2.41. The van der Waals surface area contributed by atoms with Gasteiger partial charge in [0.25, 0.3) is 0 Å². The molecule has 5 nitrogen and oxygen atoms in total. The molecule has 1 heterocycles. The van der Waals surface area contributed by atoms with Crippen molar-refractivity contribution in [3.8, 4) is 17.1 Å². The van der Waals surface area contributed by atoms with E-state index in [0.29, 0.717) is 27.9 Å². The van der Waals surface area contributed by atoms with Crippen molar-refractivity contribution in [2.24, 2.45) is 0 Å². The fourth-order valence-electron chi connectivity index (χ4n) is 2.21. The molecule has 3 rings (SSSR count). The highest BCUT2D eigenvalue weighted by atomic mass is 35.5. The summed E-state index contributed by atoms with van der Waals surface area (Å²) in [6.07, 6.45) is 3.30. The number of aromatic carboxylic acids is 1. The van der Waals surface area contributed by atoms with Gasteiger partial charge in [-0.1, -0.05) is 11.6 Å². The van der Waals surface area contributed by atoms with Gasteiger partial charge >= 0.3 is 5.97 Å². The standard InChI is InChI=1S/C15H13ClN2O3/c1-21-12-6-9(16)4-5-10(12)14-17-7-11(15(19)20)13(18-14)8-2-3-8/h4-8H,2-3H2,1H3,(H,19,20). The van der Waals surface area contributed by atoms with Crippen molar-refractivity contribution in [1.29, 1.82) is 0 Å². The Morgan fingerprint density at radius 1 is 1.43 bits per heavy atom. The van der Waals surface area contributed by atoms with E-state index in [2.05, 4.69) is 9.97 Å². The second-order valence-corrected chi connectivity index (χ2v) is 5.35. The van der Waals surface area contributed by atoms with Gasteiger partial charge in [-0.3, -0.25) is 0 Å². The summed E-state index contributed by atoms with van der Waals surface area (Å²) in [5, 5.41) is 9.77. The van der Waals surface area contributed by atoms with Gasteiger partial charge in [-0.25, -0.2) is 14.8 Å². The molecule has 0 unspecified atom stereocenters. The largest absolute Gasteiger partial charge is 0.496 e. The Morgan fingerprint density at radius 2 is 2.19 bits per heavy atom. The molecule has 1 aromatic carbocycles. The number of carbonyl (C=O) groups is 1. The lowest BCUT2D eigenvalue weighted by Crippen LogP contribution is -2.07. The molecule has 1 aromatic heterocycles. The Balaban J connectivity index is 2.11. The van der Waals surface area contributed by atoms with Crippen LogP contribution < -0.4 is 4.74 Å². The predicted molar refractivity (Wildman–Crippen MR) is 78.0 cm³/mol. The van der Waals surface area contributed by atoms with E-state index >= 15 is 0 Å². The number of methoxy groups -OCH3 is 1.